The van der Waals surface area contributed by atoms with E-state index in [0.29, 0.717) is 50.9 Å². The fraction of sp³-hybridized carbons (Fsp3) is 0.667. The molecular formula is C30H46N4O6. The maximum atomic E-state index is 13.6. The van der Waals surface area contributed by atoms with Crippen LogP contribution in [-0.4, -0.2) is 80.1 Å². The first-order chi connectivity index (χ1) is 19.3. The molecule has 1 heterocycles. The molecule has 2 aliphatic rings. The first-order valence-electron chi connectivity index (χ1n) is 14.7. The number of carbonyl (C=O) groups is 4. The molecule has 3 N–H and O–H groups in total. The monoisotopic (exact) mass is 558 g/mol. The number of urea groups is 1. The number of benzene rings is 1. The number of Topliss-reactive ketones (excluding diaryl/α,β-unsaturated/α-hetero) is 1. The number of unbranched alkanes of at least 4 members (excludes halogenated alkanes) is 1. The van der Waals surface area contributed by atoms with Gasteiger partial charge in [0.15, 0.2) is 0 Å². The molecule has 10 nitrogen and oxygen atoms in total. The minimum absolute atomic E-state index is 0.127. The van der Waals surface area contributed by atoms with Crippen LogP contribution in [0.2, 0.25) is 0 Å². The lowest BCUT2D eigenvalue weighted by Gasteiger charge is -2.31. The number of aryl methyl sites for hydroxylation is 2. The number of morpholine rings is 1. The maximum Gasteiger partial charge on any atom is 0.318 e. The van der Waals surface area contributed by atoms with Crippen molar-refractivity contribution < 1.29 is 28.7 Å². The molecule has 222 valence electrons. The molecule has 4 amide bonds. The van der Waals surface area contributed by atoms with E-state index in [1.165, 1.54) is 6.42 Å². The van der Waals surface area contributed by atoms with Crippen LogP contribution in [0.1, 0.15) is 69.4 Å². The van der Waals surface area contributed by atoms with Crippen LogP contribution in [0.4, 0.5) is 10.5 Å². The summed E-state index contributed by atoms with van der Waals surface area (Å²) in [6, 6.07) is 3.26. The lowest BCUT2D eigenvalue weighted by molar-refractivity contribution is -0.138. The molecule has 3 rings (SSSR count). The Morgan fingerprint density at radius 2 is 1.68 bits per heavy atom. The molecule has 1 unspecified atom stereocenters. The predicted molar refractivity (Wildman–Crippen MR) is 153 cm³/mol. The number of hydrogen-bond acceptors (Lipinski definition) is 6. The summed E-state index contributed by atoms with van der Waals surface area (Å²) in [6.45, 7) is 7.83. The number of hydrogen-bond donors (Lipinski definition) is 3. The molecular weight excluding hydrogens is 512 g/mol. The largest absolute Gasteiger partial charge is 0.379 e. The van der Waals surface area contributed by atoms with Gasteiger partial charge in [0.05, 0.1) is 19.8 Å². The van der Waals surface area contributed by atoms with Crippen molar-refractivity contribution in [3.8, 4) is 0 Å². The highest BCUT2D eigenvalue weighted by Gasteiger charge is 2.33. The van der Waals surface area contributed by atoms with E-state index in [0.717, 1.165) is 49.7 Å². The van der Waals surface area contributed by atoms with E-state index >= 15 is 0 Å². The normalized spacial score (nSPS) is 17.5. The van der Waals surface area contributed by atoms with Gasteiger partial charge in [-0.15, -0.1) is 0 Å². The van der Waals surface area contributed by atoms with E-state index in [1.807, 2.05) is 39.0 Å². The van der Waals surface area contributed by atoms with E-state index in [-0.39, 0.29) is 12.6 Å². The van der Waals surface area contributed by atoms with Crippen LogP contribution >= 0.6 is 0 Å². The zero-order valence-electron chi connectivity index (χ0n) is 24.3. The average molecular weight is 559 g/mol. The number of amides is 4. The fourth-order valence-corrected chi connectivity index (χ4v) is 5.24. The summed E-state index contributed by atoms with van der Waals surface area (Å²) in [7, 11) is 0. The molecule has 10 heteroatoms. The lowest BCUT2D eigenvalue weighted by atomic mass is 9.84. The van der Waals surface area contributed by atoms with Crippen LogP contribution in [0.25, 0.3) is 0 Å². The van der Waals surface area contributed by atoms with Crippen LogP contribution in [0.3, 0.4) is 0 Å². The first-order valence-corrected chi connectivity index (χ1v) is 14.7. The van der Waals surface area contributed by atoms with E-state index < -0.39 is 29.7 Å². The third-order valence-electron chi connectivity index (χ3n) is 7.71. The van der Waals surface area contributed by atoms with Crippen molar-refractivity contribution in [2.75, 3.05) is 44.8 Å². The third kappa shape index (κ3) is 9.59. The van der Waals surface area contributed by atoms with Crippen LogP contribution in [0.15, 0.2) is 18.2 Å². The second kappa shape index (κ2) is 16.3. The van der Waals surface area contributed by atoms with Gasteiger partial charge in [-0.3, -0.25) is 14.4 Å². The SMILES string of the molecule is CCCCOCC(NC(=O)[C@H](CC1CCCCC1)NC(=O)N1CCOCC1)C(=O)C(=O)Nc1c(C)cccc1C. The molecule has 1 aliphatic heterocycles. The Hall–Kier alpha value is -2.98. The van der Waals surface area contributed by atoms with Crippen molar-refractivity contribution in [2.45, 2.75) is 84.2 Å². The number of nitrogens with zero attached hydrogens (tertiary/aromatic N) is 1. The standard InChI is InChI=1S/C30H46N4O6/c1-4-5-16-40-20-25(27(35)29(37)33-26-21(2)10-9-11-22(26)3)31-28(36)24(19-23-12-7-6-8-13-23)32-30(38)34-14-17-39-18-15-34/h9-11,23-25H,4-8,12-20H2,1-3H3,(H,31,36)(H,32,38)(H,33,37)/t24-,25?/m0/s1. The Labute approximate surface area is 237 Å². The van der Waals surface area contributed by atoms with Crippen molar-refractivity contribution in [1.29, 1.82) is 0 Å². The molecule has 2 atom stereocenters. The Bertz CT molecular complexity index is 984. The summed E-state index contributed by atoms with van der Waals surface area (Å²) < 4.78 is 11.0. The molecule has 1 aromatic carbocycles. The van der Waals surface area contributed by atoms with Gasteiger partial charge in [-0.2, -0.15) is 0 Å². The second-order valence-electron chi connectivity index (χ2n) is 10.9. The van der Waals surface area contributed by atoms with Crippen molar-refractivity contribution >= 4 is 29.3 Å². The van der Waals surface area contributed by atoms with Gasteiger partial charge in [0.25, 0.3) is 5.91 Å². The molecule has 0 spiro atoms. The van der Waals surface area contributed by atoms with Gasteiger partial charge in [0.2, 0.25) is 11.7 Å². The zero-order chi connectivity index (χ0) is 28.9. The van der Waals surface area contributed by atoms with Crippen molar-refractivity contribution in [2.24, 2.45) is 5.92 Å². The van der Waals surface area contributed by atoms with Gasteiger partial charge in [-0.25, -0.2) is 4.79 Å². The Morgan fingerprint density at radius 1 is 1.00 bits per heavy atom. The number of nitrogens with one attached hydrogen (secondary N) is 3. The van der Waals surface area contributed by atoms with Crippen LogP contribution < -0.4 is 16.0 Å². The Kier molecular flexibility index (Phi) is 12.9. The van der Waals surface area contributed by atoms with E-state index in [4.69, 9.17) is 9.47 Å². The van der Waals surface area contributed by atoms with Gasteiger partial charge in [-0.05, 0) is 43.7 Å². The number of ether oxygens (including phenoxy) is 2. The molecule has 0 bridgehead atoms. The zero-order valence-corrected chi connectivity index (χ0v) is 24.3. The minimum atomic E-state index is -1.18. The molecule has 40 heavy (non-hydrogen) atoms. The number of carbonyl (C=O) groups excluding carboxylic acids is 4. The third-order valence-corrected chi connectivity index (χ3v) is 7.71. The van der Waals surface area contributed by atoms with E-state index in [1.54, 1.807) is 4.90 Å². The predicted octanol–water partition coefficient (Wildman–Crippen LogP) is 3.49. The summed E-state index contributed by atoms with van der Waals surface area (Å²) in [5, 5.41) is 8.38. The smallest absolute Gasteiger partial charge is 0.318 e. The number of rotatable bonds is 13. The summed E-state index contributed by atoms with van der Waals surface area (Å²) in [4.78, 5) is 54.7. The van der Waals surface area contributed by atoms with Gasteiger partial charge in [-0.1, -0.05) is 63.6 Å². The van der Waals surface area contributed by atoms with Crippen molar-refractivity contribution in [1.82, 2.24) is 15.5 Å². The Balaban J connectivity index is 1.74. The van der Waals surface area contributed by atoms with Crippen molar-refractivity contribution in [3.05, 3.63) is 29.3 Å². The van der Waals surface area contributed by atoms with Crippen LogP contribution in [0.5, 0.6) is 0 Å². The number of ketones is 1. The number of para-hydroxylation sites is 1. The molecule has 1 aliphatic carbocycles. The quantitative estimate of drug-likeness (QED) is 0.251. The van der Waals surface area contributed by atoms with Gasteiger partial charge >= 0.3 is 6.03 Å². The van der Waals surface area contributed by atoms with E-state index in [2.05, 4.69) is 16.0 Å². The van der Waals surface area contributed by atoms with Gasteiger partial charge in [0.1, 0.15) is 12.1 Å². The molecule has 0 aromatic heterocycles. The van der Waals surface area contributed by atoms with Gasteiger partial charge < -0.3 is 30.3 Å². The maximum absolute atomic E-state index is 13.6. The average Bonchev–Trinajstić information content (AvgIpc) is 2.96. The summed E-state index contributed by atoms with van der Waals surface area (Å²) >= 11 is 0. The van der Waals surface area contributed by atoms with Crippen LogP contribution in [0, 0.1) is 19.8 Å². The number of anilines is 1. The first kappa shape index (κ1) is 31.5. The topological polar surface area (TPSA) is 126 Å². The molecule has 2 fully saturated rings. The lowest BCUT2D eigenvalue weighted by Crippen LogP contribution is -2.57. The summed E-state index contributed by atoms with van der Waals surface area (Å²) in [5.74, 6) is -1.78. The summed E-state index contributed by atoms with van der Waals surface area (Å²) in [5.41, 5.74) is 2.24. The highest BCUT2D eigenvalue weighted by Crippen LogP contribution is 2.27. The molecule has 0 radical (unpaired) electrons. The molecule has 1 aromatic rings. The summed E-state index contributed by atoms with van der Waals surface area (Å²) in [6.07, 6.45) is 7.56. The highest BCUT2D eigenvalue weighted by atomic mass is 16.5. The molecule has 1 saturated heterocycles. The fourth-order valence-electron chi connectivity index (χ4n) is 5.24. The minimum Gasteiger partial charge on any atom is -0.379 e. The van der Waals surface area contributed by atoms with E-state index in [9.17, 15) is 19.2 Å². The van der Waals surface area contributed by atoms with Gasteiger partial charge in [0, 0.05) is 25.4 Å². The molecule has 1 saturated carbocycles. The van der Waals surface area contributed by atoms with Crippen LogP contribution in [-0.2, 0) is 23.9 Å². The second-order valence-corrected chi connectivity index (χ2v) is 10.9. The Morgan fingerprint density at radius 3 is 2.33 bits per heavy atom. The van der Waals surface area contributed by atoms with Crippen molar-refractivity contribution in [3.63, 3.8) is 0 Å². The highest BCUT2D eigenvalue weighted by molar-refractivity contribution is 6.42.